The molecule has 0 amide bonds. The van der Waals surface area contributed by atoms with Crippen LogP contribution in [0.1, 0.15) is 13.8 Å². The summed E-state index contributed by atoms with van der Waals surface area (Å²) >= 11 is 0. The van der Waals surface area contributed by atoms with Crippen LogP contribution in [0, 0.1) is 5.41 Å². The first-order chi connectivity index (χ1) is 8.62. The monoisotopic (exact) mass is 250 g/mol. The van der Waals surface area contributed by atoms with Crippen LogP contribution in [0.4, 0.5) is 0 Å². The molecule has 0 aliphatic carbocycles. The number of para-hydroxylation sites is 1. The highest BCUT2D eigenvalue weighted by molar-refractivity contribution is 5.21. The van der Waals surface area contributed by atoms with Gasteiger partial charge in [-0.1, -0.05) is 25.1 Å². The second-order valence-corrected chi connectivity index (χ2v) is 5.35. The number of ether oxygens (including phenoxy) is 4. The summed E-state index contributed by atoms with van der Waals surface area (Å²) in [4.78, 5) is 0. The van der Waals surface area contributed by atoms with Gasteiger partial charge >= 0.3 is 5.97 Å². The van der Waals surface area contributed by atoms with Gasteiger partial charge in [-0.2, -0.15) is 0 Å². The largest absolute Gasteiger partial charge is 0.482 e. The van der Waals surface area contributed by atoms with Crippen molar-refractivity contribution >= 4 is 0 Å². The van der Waals surface area contributed by atoms with Gasteiger partial charge in [-0.15, -0.1) is 0 Å². The number of benzene rings is 1. The molecule has 4 heteroatoms. The molecular weight excluding hydrogens is 232 g/mol. The average molecular weight is 250 g/mol. The van der Waals surface area contributed by atoms with Crippen LogP contribution in [0.5, 0.6) is 5.75 Å². The molecule has 3 saturated heterocycles. The Balaban J connectivity index is 1.71. The molecule has 0 aromatic heterocycles. The van der Waals surface area contributed by atoms with E-state index < -0.39 is 5.97 Å². The Morgan fingerprint density at radius 1 is 1.06 bits per heavy atom. The molecule has 3 aliphatic rings. The second-order valence-electron chi connectivity index (χ2n) is 5.35. The highest BCUT2D eigenvalue weighted by atomic mass is 16.9. The maximum atomic E-state index is 5.83. The second kappa shape index (κ2) is 4.23. The summed E-state index contributed by atoms with van der Waals surface area (Å²) in [5, 5.41) is 0. The molecule has 1 unspecified atom stereocenters. The molecule has 0 saturated carbocycles. The minimum Gasteiger partial charge on any atom is -0.482 e. The standard InChI is InChI=1S/C14H18O4/c1-11(18-12-6-4-3-5-7-12)14-15-8-13(2,9-16-14)10-17-14/h3-7,11H,8-10H2,1-2H3. The molecule has 4 nitrogen and oxygen atoms in total. The van der Waals surface area contributed by atoms with Crippen LogP contribution < -0.4 is 4.74 Å². The minimum absolute atomic E-state index is 0.0196. The Kier molecular flexibility index (Phi) is 2.81. The van der Waals surface area contributed by atoms with E-state index in [4.69, 9.17) is 18.9 Å². The van der Waals surface area contributed by atoms with Crippen molar-refractivity contribution in [3.63, 3.8) is 0 Å². The Labute approximate surface area is 107 Å². The zero-order valence-electron chi connectivity index (χ0n) is 10.7. The van der Waals surface area contributed by atoms with E-state index in [1.807, 2.05) is 37.3 Å². The summed E-state index contributed by atoms with van der Waals surface area (Å²) < 4.78 is 23.0. The average Bonchev–Trinajstić information content (AvgIpc) is 2.41. The van der Waals surface area contributed by atoms with Crippen LogP contribution in [0.15, 0.2) is 30.3 Å². The normalized spacial score (nSPS) is 36.3. The fourth-order valence-electron chi connectivity index (χ4n) is 2.20. The summed E-state index contributed by atoms with van der Waals surface area (Å²) in [6.07, 6.45) is -0.315. The van der Waals surface area contributed by atoms with Crippen LogP contribution >= 0.6 is 0 Å². The van der Waals surface area contributed by atoms with Crippen molar-refractivity contribution < 1.29 is 18.9 Å². The van der Waals surface area contributed by atoms with Gasteiger partial charge in [0.25, 0.3) is 0 Å². The number of hydrogen-bond donors (Lipinski definition) is 0. The summed E-state index contributed by atoms with van der Waals surface area (Å²) in [5.41, 5.74) is -0.0196. The van der Waals surface area contributed by atoms with Crippen molar-refractivity contribution in [1.82, 2.24) is 0 Å². The lowest BCUT2D eigenvalue weighted by Gasteiger charge is -2.51. The van der Waals surface area contributed by atoms with E-state index in [2.05, 4.69) is 6.92 Å². The minimum atomic E-state index is -1.05. The van der Waals surface area contributed by atoms with Crippen molar-refractivity contribution in [1.29, 1.82) is 0 Å². The van der Waals surface area contributed by atoms with E-state index in [9.17, 15) is 0 Å². The van der Waals surface area contributed by atoms with E-state index in [1.54, 1.807) is 0 Å². The van der Waals surface area contributed by atoms with Crippen LogP contribution in [0.2, 0.25) is 0 Å². The number of rotatable bonds is 3. The van der Waals surface area contributed by atoms with Crippen LogP contribution in [-0.4, -0.2) is 31.9 Å². The SMILES string of the molecule is CC(Oc1ccccc1)C12OCC(C)(CO1)CO2. The van der Waals surface area contributed by atoms with Crippen LogP contribution in [-0.2, 0) is 14.2 Å². The third-order valence-electron chi connectivity index (χ3n) is 3.42. The van der Waals surface area contributed by atoms with Gasteiger partial charge in [-0.05, 0) is 19.1 Å². The molecule has 4 rings (SSSR count). The number of hydrogen-bond acceptors (Lipinski definition) is 4. The fraction of sp³-hybridized carbons (Fsp3) is 0.571. The third-order valence-corrected chi connectivity index (χ3v) is 3.42. The maximum absolute atomic E-state index is 5.83. The topological polar surface area (TPSA) is 36.9 Å². The molecule has 3 heterocycles. The summed E-state index contributed by atoms with van der Waals surface area (Å²) in [5.74, 6) is -0.262. The van der Waals surface area contributed by atoms with Crippen molar-refractivity contribution in [2.24, 2.45) is 5.41 Å². The Morgan fingerprint density at radius 2 is 1.61 bits per heavy atom. The molecule has 0 spiro atoms. The van der Waals surface area contributed by atoms with Crippen molar-refractivity contribution in [3.8, 4) is 5.75 Å². The van der Waals surface area contributed by atoms with Gasteiger partial charge in [0, 0.05) is 5.41 Å². The van der Waals surface area contributed by atoms with Crippen molar-refractivity contribution in [3.05, 3.63) is 30.3 Å². The third kappa shape index (κ3) is 2.00. The van der Waals surface area contributed by atoms with Gasteiger partial charge in [0.2, 0.25) is 0 Å². The first-order valence-corrected chi connectivity index (χ1v) is 6.26. The molecule has 1 aromatic carbocycles. The molecular formula is C14H18O4. The van der Waals surface area contributed by atoms with E-state index in [0.29, 0.717) is 19.8 Å². The fourth-order valence-corrected chi connectivity index (χ4v) is 2.20. The molecule has 3 aliphatic heterocycles. The van der Waals surface area contributed by atoms with E-state index in [-0.39, 0.29) is 11.5 Å². The highest BCUT2D eigenvalue weighted by Crippen LogP contribution is 2.40. The lowest BCUT2D eigenvalue weighted by atomic mass is 9.91. The summed E-state index contributed by atoms with van der Waals surface area (Å²) in [6, 6.07) is 9.62. The van der Waals surface area contributed by atoms with Gasteiger partial charge in [-0.25, -0.2) is 0 Å². The molecule has 18 heavy (non-hydrogen) atoms. The van der Waals surface area contributed by atoms with Crippen molar-refractivity contribution in [2.45, 2.75) is 25.9 Å². The van der Waals surface area contributed by atoms with Gasteiger partial charge in [-0.3, -0.25) is 0 Å². The molecule has 0 N–H and O–H groups in total. The zero-order chi connectivity index (χ0) is 12.6. The van der Waals surface area contributed by atoms with Gasteiger partial charge in [0.15, 0.2) is 6.10 Å². The molecule has 0 radical (unpaired) electrons. The van der Waals surface area contributed by atoms with E-state index in [0.717, 1.165) is 5.75 Å². The molecule has 1 aromatic rings. The van der Waals surface area contributed by atoms with Gasteiger partial charge in [0.05, 0.1) is 19.8 Å². The first kappa shape index (κ1) is 12.0. The van der Waals surface area contributed by atoms with Crippen molar-refractivity contribution in [2.75, 3.05) is 19.8 Å². The molecule has 1 atom stereocenters. The predicted octanol–water partition coefficient (Wildman–Crippen LogP) is 2.19. The Hall–Kier alpha value is -1.10. The predicted molar refractivity (Wildman–Crippen MR) is 65.2 cm³/mol. The van der Waals surface area contributed by atoms with Gasteiger partial charge in [0.1, 0.15) is 5.75 Å². The molecule has 2 bridgehead atoms. The Morgan fingerprint density at radius 3 is 2.17 bits per heavy atom. The maximum Gasteiger partial charge on any atom is 0.322 e. The van der Waals surface area contributed by atoms with E-state index in [1.165, 1.54) is 0 Å². The smallest absolute Gasteiger partial charge is 0.322 e. The molecule has 3 fully saturated rings. The summed E-state index contributed by atoms with van der Waals surface area (Å²) in [7, 11) is 0. The lowest BCUT2D eigenvalue weighted by molar-refractivity contribution is -0.484. The number of fused-ring (bicyclic) bond motifs is 3. The Bertz CT molecular complexity index is 393. The summed E-state index contributed by atoms with van der Waals surface area (Å²) in [6.45, 7) is 5.94. The van der Waals surface area contributed by atoms with Gasteiger partial charge < -0.3 is 18.9 Å². The van der Waals surface area contributed by atoms with Crippen LogP contribution in [0.25, 0.3) is 0 Å². The zero-order valence-corrected chi connectivity index (χ0v) is 10.7. The van der Waals surface area contributed by atoms with E-state index >= 15 is 0 Å². The first-order valence-electron chi connectivity index (χ1n) is 6.26. The van der Waals surface area contributed by atoms with Crippen LogP contribution in [0.3, 0.4) is 0 Å². The quantitative estimate of drug-likeness (QED) is 0.824. The lowest BCUT2D eigenvalue weighted by Crippen LogP contribution is -2.64. The highest BCUT2D eigenvalue weighted by Gasteiger charge is 2.54. The molecule has 98 valence electrons.